The summed E-state index contributed by atoms with van der Waals surface area (Å²) in [7, 11) is 0. The standard InChI is InChI=1S/C15H21BrN2/c1-2-13-10-17-9-3-4-15(17)11-18(13)14-7-5-12(16)6-8-14/h5-8,13,15H,2-4,9-11H2,1H3. The smallest absolute Gasteiger partial charge is 0.0415 e. The van der Waals surface area contributed by atoms with Gasteiger partial charge in [-0.3, -0.25) is 4.90 Å². The van der Waals surface area contributed by atoms with Crippen LogP contribution in [0.15, 0.2) is 28.7 Å². The predicted molar refractivity (Wildman–Crippen MR) is 80.2 cm³/mol. The molecule has 0 saturated carbocycles. The van der Waals surface area contributed by atoms with Crippen LogP contribution in [0.2, 0.25) is 0 Å². The fraction of sp³-hybridized carbons (Fsp3) is 0.600. The highest BCUT2D eigenvalue weighted by molar-refractivity contribution is 9.10. The Morgan fingerprint density at radius 2 is 2.00 bits per heavy atom. The van der Waals surface area contributed by atoms with Gasteiger partial charge in [-0.2, -0.15) is 0 Å². The molecule has 1 aromatic rings. The summed E-state index contributed by atoms with van der Waals surface area (Å²) in [4.78, 5) is 5.32. The molecule has 2 aliphatic rings. The van der Waals surface area contributed by atoms with E-state index in [-0.39, 0.29) is 0 Å². The third-order valence-electron chi connectivity index (χ3n) is 4.42. The number of hydrogen-bond acceptors (Lipinski definition) is 2. The Balaban J connectivity index is 1.82. The van der Waals surface area contributed by atoms with E-state index in [2.05, 4.69) is 56.9 Å². The minimum absolute atomic E-state index is 0.681. The Kier molecular flexibility index (Phi) is 3.62. The second kappa shape index (κ2) is 5.22. The van der Waals surface area contributed by atoms with Crippen LogP contribution in [0.5, 0.6) is 0 Å². The Labute approximate surface area is 118 Å². The SMILES string of the molecule is CCC1CN2CCCC2CN1c1ccc(Br)cc1. The highest BCUT2D eigenvalue weighted by atomic mass is 79.9. The van der Waals surface area contributed by atoms with E-state index in [4.69, 9.17) is 0 Å². The van der Waals surface area contributed by atoms with Crippen LogP contribution in [0.4, 0.5) is 5.69 Å². The van der Waals surface area contributed by atoms with Gasteiger partial charge < -0.3 is 4.90 Å². The number of fused-ring (bicyclic) bond motifs is 1. The number of nitrogens with zero attached hydrogens (tertiary/aromatic N) is 2. The largest absolute Gasteiger partial charge is 0.366 e. The summed E-state index contributed by atoms with van der Waals surface area (Å²) in [5.74, 6) is 0. The van der Waals surface area contributed by atoms with Crippen molar-refractivity contribution in [2.75, 3.05) is 24.5 Å². The Hall–Kier alpha value is -0.540. The summed E-state index contributed by atoms with van der Waals surface area (Å²) < 4.78 is 1.17. The van der Waals surface area contributed by atoms with Crippen molar-refractivity contribution >= 4 is 21.6 Å². The van der Waals surface area contributed by atoms with E-state index in [9.17, 15) is 0 Å². The highest BCUT2D eigenvalue weighted by Crippen LogP contribution is 2.30. The Morgan fingerprint density at radius 1 is 1.22 bits per heavy atom. The first kappa shape index (κ1) is 12.5. The molecule has 0 radical (unpaired) electrons. The average molecular weight is 309 g/mol. The molecule has 3 heteroatoms. The molecule has 3 rings (SSSR count). The zero-order valence-electron chi connectivity index (χ0n) is 11.0. The molecule has 2 nitrogen and oxygen atoms in total. The number of piperazine rings is 1. The molecule has 2 atom stereocenters. The van der Waals surface area contributed by atoms with Gasteiger partial charge in [0, 0.05) is 35.3 Å². The van der Waals surface area contributed by atoms with Crippen molar-refractivity contribution in [1.29, 1.82) is 0 Å². The normalized spacial score (nSPS) is 28.4. The van der Waals surface area contributed by atoms with Gasteiger partial charge in [0.1, 0.15) is 0 Å². The number of benzene rings is 1. The number of rotatable bonds is 2. The van der Waals surface area contributed by atoms with Gasteiger partial charge in [-0.25, -0.2) is 0 Å². The number of hydrogen-bond donors (Lipinski definition) is 0. The zero-order valence-corrected chi connectivity index (χ0v) is 12.6. The van der Waals surface area contributed by atoms with Crippen molar-refractivity contribution in [2.45, 2.75) is 38.3 Å². The first-order chi connectivity index (χ1) is 8.78. The molecule has 18 heavy (non-hydrogen) atoms. The molecule has 0 aliphatic carbocycles. The van der Waals surface area contributed by atoms with Crippen LogP contribution in [0.25, 0.3) is 0 Å². The van der Waals surface area contributed by atoms with Crippen molar-refractivity contribution in [3.63, 3.8) is 0 Å². The Morgan fingerprint density at radius 3 is 2.72 bits per heavy atom. The first-order valence-electron chi connectivity index (χ1n) is 7.04. The number of anilines is 1. The van der Waals surface area contributed by atoms with Gasteiger partial charge in [-0.1, -0.05) is 22.9 Å². The molecular weight excluding hydrogens is 288 g/mol. The fourth-order valence-corrected chi connectivity index (χ4v) is 3.65. The van der Waals surface area contributed by atoms with E-state index in [1.807, 2.05) is 0 Å². The van der Waals surface area contributed by atoms with Gasteiger partial charge in [-0.05, 0) is 50.1 Å². The van der Waals surface area contributed by atoms with E-state index in [1.165, 1.54) is 49.1 Å². The summed E-state index contributed by atoms with van der Waals surface area (Å²) in [6.45, 7) is 6.08. The lowest BCUT2D eigenvalue weighted by Crippen LogP contribution is -2.56. The summed E-state index contributed by atoms with van der Waals surface area (Å²) in [6, 6.07) is 10.3. The number of halogens is 1. The molecule has 0 amide bonds. The van der Waals surface area contributed by atoms with Crippen LogP contribution in [0.3, 0.4) is 0 Å². The molecule has 2 aliphatic heterocycles. The summed E-state index contributed by atoms with van der Waals surface area (Å²) in [6.07, 6.45) is 4.00. The van der Waals surface area contributed by atoms with Gasteiger partial charge in [0.15, 0.2) is 0 Å². The molecule has 2 saturated heterocycles. The van der Waals surface area contributed by atoms with Crippen molar-refractivity contribution in [3.05, 3.63) is 28.7 Å². The third kappa shape index (κ3) is 2.30. The van der Waals surface area contributed by atoms with Crippen LogP contribution in [-0.2, 0) is 0 Å². The fourth-order valence-electron chi connectivity index (χ4n) is 3.39. The molecule has 2 heterocycles. The van der Waals surface area contributed by atoms with E-state index in [0.29, 0.717) is 6.04 Å². The van der Waals surface area contributed by atoms with Gasteiger partial charge in [-0.15, -0.1) is 0 Å². The van der Waals surface area contributed by atoms with Crippen LogP contribution in [0, 0.1) is 0 Å². The highest BCUT2D eigenvalue weighted by Gasteiger charge is 2.35. The Bertz CT molecular complexity index is 403. The van der Waals surface area contributed by atoms with Crippen LogP contribution in [0.1, 0.15) is 26.2 Å². The third-order valence-corrected chi connectivity index (χ3v) is 4.95. The van der Waals surface area contributed by atoms with Crippen molar-refractivity contribution in [1.82, 2.24) is 4.90 Å². The molecule has 0 aromatic heterocycles. The molecule has 2 unspecified atom stereocenters. The first-order valence-corrected chi connectivity index (χ1v) is 7.83. The minimum atomic E-state index is 0.681. The van der Waals surface area contributed by atoms with Crippen LogP contribution in [-0.4, -0.2) is 36.6 Å². The monoisotopic (exact) mass is 308 g/mol. The van der Waals surface area contributed by atoms with Crippen molar-refractivity contribution in [2.24, 2.45) is 0 Å². The second-order valence-corrected chi connectivity index (χ2v) is 6.40. The molecule has 2 fully saturated rings. The molecule has 98 valence electrons. The van der Waals surface area contributed by atoms with E-state index < -0.39 is 0 Å². The summed E-state index contributed by atoms with van der Waals surface area (Å²) in [5.41, 5.74) is 1.39. The van der Waals surface area contributed by atoms with Gasteiger partial charge in [0.25, 0.3) is 0 Å². The lowest BCUT2D eigenvalue weighted by atomic mass is 10.0. The average Bonchev–Trinajstić information content (AvgIpc) is 2.85. The molecule has 0 N–H and O–H groups in total. The van der Waals surface area contributed by atoms with E-state index in [1.54, 1.807) is 0 Å². The van der Waals surface area contributed by atoms with Crippen LogP contribution < -0.4 is 4.90 Å². The summed E-state index contributed by atoms with van der Waals surface area (Å²) >= 11 is 3.52. The lowest BCUT2D eigenvalue weighted by molar-refractivity contribution is 0.195. The van der Waals surface area contributed by atoms with Gasteiger partial charge >= 0.3 is 0 Å². The molecule has 1 aromatic carbocycles. The maximum absolute atomic E-state index is 3.52. The predicted octanol–water partition coefficient (Wildman–Crippen LogP) is 3.51. The lowest BCUT2D eigenvalue weighted by Gasteiger charge is -2.45. The second-order valence-electron chi connectivity index (χ2n) is 5.48. The van der Waals surface area contributed by atoms with Crippen molar-refractivity contribution < 1.29 is 0 Å². The maximum atomic E-state index is 3.52. The quantitative estimate of drug-likeness (QED) is 0.825. The molecule has 0 spiro atoms. The van der Waals surface area contributed by atoms with E-state index >= 15 is 0 Å². The molecular formula is C15H21BrN2. The van der Waals surface area contributed by atoms with Gasteiger partial charge in [0.2, 0.25) is 0 Å². The van der Waals surface area contributed by atoms with Crippen molar-refractivity contribution in [3.8, 4) is 0 Å². The topological polar surface area (TPSA) is 6.48 Å². The minimum Gasteiger partial charge on any atom is -0.366 e. The van der Waals surface area contributed by atoms with Crippen LogP contribution >= 0.6 is 15.9 Å². The van der Waals surface area contributed by atoms with Gasteiger partial charge in [0.05, 0.1) is 0 Å². The molecule has 0 bridgehead atoms. The van der Waals surface area contributed by atoms with E-state index in [0.717, 1.165) is 6.04 Å². The zero-order chi connectivity index (χ0) is 12.5. The summed E-state index contributed by atoms with van der Waals surface area (Å²) in [5, 5.41) is 0. The maximum Gasteiger partial charge on any atom is 0.0415 e.